The first-order valence-corrected chi connectivity index (χ1v) is 5.31. The van der Waals surface area contributed by atoms with Crippen LogP contribution in [0.2, 0.25) is 0 Å². The van der Waals surface area contributed by atoms with Gasteiger partial charge in [0.25, 0.3) is 0 Å². The Labute approximate surface area is 90.8 Å². The normalized spacial score (nSPS) is 10.2. The summed E-state index contributed by atoms with van der Waals surface area (Å²) in [6, 6.07) is 4.29. The van der Waals surface area contributed by atoms with Crippen LogP contribution in [0.25, 0.3) is 0 Å². The minimum atomic E-state index is -0.327. The monoisotopic (exact) mass is 223 g/mol. The molecular weight excluding hydrogens is 213 g/mol. The van der Waals surface area contributed by atoms with E-state index in [1.54, 1.807) is 23.6 Å². The van der Waals surface area contributed by atoms with Crippen molar-refractivity contribution in [1.29, 1.82) is 0 Å². The molecule has 0 bridgehead atoms. The fraction of sp³-hybridized carbons (Fsp3) is 0.100. The van der Waals surface area contributed by atoms with Crippen molar-refractivity contribution < 1.29 is 4.39 Å². The van der Waals surface area contributed by atoms with Gasteiger partial charge in [-0.25, -0.2) is 9.37 Å². The van der Waals surface area contributed by atoms with Gasteiger partial charge in [0.05, 0.1) is 17.9 Å². The van der Waals surface area contributed by atoms with Crippen molar-refractivity contribution in [3.8, 4) is 0 Å². The first-order valence-electron chi connectivity index (χ1n) is 4.43. The van der Waals surface area contributed by atoms with Crippen LogP contribution in [0.5, 0.6) is 0 Å². The van der Waals surface area contributed by atoms with Crippen LogP contribution < -0.4 is 11.1 Å². The molecule has 1 heterocycles. The van der Waals surface area contributed by atoms with E-state index in [4.69, 9.17) is 5.73 Å². The molecule has 0 unspecified atom stereocenters. The molecule has 0 aliphatic rings. The number of hydrogen-bond acceptors (Lipinski definition) is 4. The molecule has 2 rings (SSSR count). The van der Waals surface area contributed by atoms with Gasteiger partial charge >= 0.3 is 0 Å². The average Bonchev–Trinajstić information content (AvgIpc) is 2.69. The number of hydrogen-bond donors (Lipinski definition) is 2. The fourth-order valence-corrected chi connectivity index (χ4v) is 1.76. The SMILES string of the molecule is Nc1cc(F)ccc1NCc1nccs1. The Morgan fingerprint density at radius 3 is 3.00 bits per heavy atom. The van der Waals surface area contributed by atoms with Gasteiger partial charge in [-0.05, 0) is 18.2 Å². The second kappa shape index (κ2) is 4.27. The summed E-state index contributed by atoms with van der Waals surface area (Å²) >= 11 is 1.56. The van der Waals surface area contributed by atoms with Gasteiger partial charge in [-0.3, -0.25) is 0 Å². The van der Waals surface area contributed by atoms with E-state index >= 15 is 0 Å². The van der Waals surface area contributed by atoms with Crippen molar-refractivity contribution in [3.63, 3.8) is 0 Å². The summed E-state index contributed by atoms with van der Waals surface area (Å²) in [5.41, 5.74) is 6.78. The highest BCUT2D eigenvalue weighted by Gasteiger charge is 2.01. The van der Waals surface area contributed by atoms with E-state index in [1.807, 2.05) is 5.38 Å². The molecule has 0 saturated heterocycles. The van der Waals surface area contributed by atoms with Crippen LogP contribution in [0.1, 0.15) is 5.01 Å². The summed E-state index contributed by atoms with van der Waals surface area (Å²) in [5.74, 6) is -0.327. The topological polar surface area (TPSA) is 50.9 Å². The Bertz CT molecular complexity index is 442. The van der Waals surface area contributed by atoms with Gasteiger partial charge < -0.3 is 11.1 Å². The molecule has 0 aliphatic carbocycles. The molecule has 1 aromatic carbocycles. The molecule has 0 saturated carbocycles. The van der Waals surface area contributed by atoms with E-state index in [2.05, 4.69) is 10.3 Å². The molecule has 0 amide bonds. The van der Waals surface area contributed by atoms with Crippen LogP contribution in [0.15, 0.2) is 29.8 Å². The molecule has 1 aromatic heterocycles. The second-order valence-corrected chi connectivity index (χ2v) is 3.99. The van der Waals surface area contributed by atoms with Crippen molar-refractivity contribution in [1.82, 2.24) is 4.98 Å². The molecule has 0 spiro atoms. The molecule has 3 N–H and O–H groups in total. The average molecular weight is 223 g/mol. The molecule has 15 heavy (non-hydrogen) atoms. The number of nitrogens with one attached hydrogen (secondary N) is 1. The van der Waals surface area contributed by atoms with Crippen LogP contribution >= 0.6 is 11.3 Å². The summed E-state index contributed by atoms with van der Waals surface area (Å²) in [6.45, 7) is 0.605. The fourth-order valence-electron chi connectivity index (χ4n) is 1.21. The quantitative estimate of drug-likeness (QED) is 0.786. The zero-order valence-corrected chi connectivity index (χ0v) is 8.72. The third-order valence-corrected chi connectivity index (χ3v) is 2.71. The summed E-state index contributed by atoms with van der Waals surface area (Å²) in [5, 5.41) is 5.98. The highest BCUT2D eigenvalue weighted by atomic mass is 32.1. The maximum Gasteiger partial charge on any atom is 0.125 e. The van der Waals surface area contributed by atoms with Gasteiger partial charge in [-0.2, -0.15) is 0 Å². The molecular formula is C10H10FN3S. The van der Waals surface area contributed by atoms with Crippen molar-refractivity contribution >= 4 is 22.7 Å². The maximum absolute atomic E-state index is 12.7. The number of nitrogens with zero attached hydrogens (tertiary/aromatic N) is 1. The van der Waals surface area contributed by atoms with Crippen LogP contribution in [0.3, 0.4) is 0 Å². The van der Waals surface area contributed by atoms with E-state index in [9.17, 15) is 4.39 Å². The van der Waals surface area contributed by atoms with Crippen molar-refractivity contribution in [3.05, 3.63) is 40.6 Å². The largest absolute Gasteiger partial charge is 0.397 e. The predicted molar refractivity (Wildman–Crippen MR) is 60.3 cm³/mol. The van der Waals surface area contributed by atoms with Gasteiger partial charge in [0, 0.05) is 11.6 Å². The zero-order chi connectivity index (χ0) is 10.7. The van der Waals surface area contributed by atoms with E-state index in [0.29, 0.717) is 12.2 Å². The number of benzene rings is 1. The van der Waals surface area contributed by atoms with Crippen molar-refractivity contribution in [2.24, 2.45) is 0 Å². The van der Waals surface area contributed by atoms with Gasteiger partial charge in [0.2, 0.25) is 0 Å². The number of nitrogens with two attached hydrogens (primary N) is 1. The number of nitrogen functional groups attached to an aromatic ring is 1. The molecule has 0 atom stereocenters. The molecule has 0 fully saturated rings. The van der Waals surface area contributed by atoms with Crippen LogP contribution in [0, 0.1) is 5.82 Å². The van der Waals surface area contributed by atoms with E-state index in [0.717, 1.165) is 10.7 Å². The molecule has 2 aromatic rings. The highest BCUT2D eigenvalue weighted by molar-refractivity contribution is 7.09. The highest BCUT2D eigenvalue weighted by Crippen LogP contribution is 2.20. The van der Waals surface area contributed by atoms with Gasteiger partial charge in [0.15, 0.2) is 0 Å². The molecule has 78 valence electrons. The van der Waals surface area contributed by atoms with Crippen molar-refractivity contribution in [2.45, 2.75) is 6.54 Å². The van der Waals surface area contributed by atoms with Crippen molar-refractivity contribution in [2.75, 3.05) is 11.1 Å². The lowest BCUT2D eigenvalue weighted by atomic mass is 10.2. The van der Waals surface area contributed by atoms with Gasteiger partial charge in [-0.15, -0.1) is 11.3 Å². The third kappa shape index (κ3) is 2.44. The smallest absolute Gasteiger partial charge is 0.125 e. The minimum Gasteiger partial charge on any atom is -0.397 e. The number of anilines is 2. The number of rotatable bonds is 3. The minimum absolute atomic E-state index is 0.327. The Morgan fingerprint density at radius 1 is 1.47 bits per heavy atom. The lowest BCUT2D eigenvalue weighted by Gasteiger charge is -2.07. The maximum atomic E-state index is 12.7. The first kappa shape index (κ1) is 9.92. The van der Waals surface area contributed by atoms with Crippen LogP contribution in [-0.4, -0.2) is 4.98 Å². The second-order valence-electron chi connectivity index (χ2n) is 3.01. The van der Waals surface area contributed by atoms with Gasteiger partial charge in [0.1, 0.15) is 10.8 Å². The summed E-state index contributed by atoms with van der Waals surface area (Å²) in [4.78, 5) is 4.12. The van der Waals surface area contributed by atoms with E-state index in [-0.39, 0.29) is 5.82 Å². The Kier molecular flexibility index (Phi) is 2.82. The van der Waals surface area contributed by atoms with E-state index in [1.165, 1.54) is 12.1 Å². The van der Waals surface area contributed by atoms with Gasteiger partial charge in [-0.1, -0.05) is 0 Å². The summed E-state index contributed by atoms with van der Waals surface area (Å²) in [6.07, 6.45) is 1.75. The lowest BCUT2D eigenvalue weighted by molar-refractivity contribution is 0.628. The predicted octanol–water partition coefficient (Wildman–Crippen LogP) is 2.48. The molecule has 3 nitrogen and oxygen atoms in total. The summed E-state index contributed by atoms with van der Waals surface area (Å²) in [7, 11) is 0. The van der Waals surface area contributed by atoms with Crippen LogP contribution in [0.4, 0.5) is 15.8 Å². The summed E-state index contributed by atoms with van der Waals surface area (Å²) < 4.78 is 12.7. The Hall–Kier alpha value is -1.62. The third-order valence-electron chi connectivity index (χ3n) is 1.93. The standard InChI is InChI=1S/C10H10FN3S/c11-7-1-2-9(8(12)5-7)14-6-10-13-3-4-15-10/h1-5,14H,6,12H2. The lowest BCUT2D eigenvalue weighted by Crippen LogP contribution is -2.02. The first-order chi connectivity index (χ1) is 7.25. The van der Waals surface area contributed by atoms with E-state index < -0.39 is 0 Å². The van der Waals surface area contributed by atoms with Crippen LogP contribution in [-0.2, 0) is 6.54 Å². The molecule has 0 aliphatic heterocycles. The number of aromatic nitrogens is 1. The number of thiazole rings is 1. The Balaban J connectivity index is 2.05. The molecule has 5 heteroatoms. The zero-order valence-electron chi connectivity index (χ0n) is 7.90. The number of halogens is 1. The Morgan fingerprint density at radius 2 is 2.33 bits per heavy atom. The molecule has 0 radical (unpaired) electrons.